The SMILES string of the molecule is CC1(O)CCN(Cc2ccc(N3C[C@H](NCc4nnc(CCc5ccc(Cl)cc5)s4)CC3=O)cc2)CC1. The molecule has 5 rings (SSSR count). The third-order valence-electron chi connectivity index (χ3n) is 7.30. The van der Waals surface area contributed by atoms with Gasteiger partial charge in [-0.1, -0.05) is 35.9 Å². The van der Waals surface area contributed by atoms with Gasteiger partial charge in [0.15, 0.2) is 0 Å². The van der Waals surface area contributed by atoms with Gasteiger partial charge in [0.2, 0.25) is 5.91 Å². The summed E-state index contributed by atoms with van der Waals surface area (Å²) in [4.78, 5) is 17.0. The van der Waals surface area contributed by atoms with Gasteiger partial charge in [-0.3, -0.25) is 9.69 Å². The molecule has 2 aliphatic heterocycles. The summed E-state index contributed by atoms with van der Waals surface area (Å²) in [6.07, 6.45) is 3.86. The second kappa shape index (κ2) is 11.6. The number of piperidine rings is 1. The molecular formula is C28H34ClN5O2S. The van der Waals surface area contributed by atoms with Crippen LogP contribution >= 0.6 is 22.9 Å². The van der Waals surface area contributed by atoms with Gasteiger partial charge in [0.25, 0.3) is 0 Å². The number of carbonyl (C=O) groups excluding carboxylic acids is 1. The number of nitrogens with zero attached hydrogens (tertiary/aromatic N) is 4. The third kappa shape index (κ3) is 7.15. The summed E-state index contributed by atoms with van der Waals surface area (Å²) in [6, 6.07) is 16.3. The molecule has 2 fully saturated rings. The quantitative estimate of drug-likeness (QED) is 0.424. The Morgan fingerprint density at radius 1 is 1.03 bits per heavy atom. The van der Waals surface area contributed by atoms with Crippen molar-refractivity contribution in [1.82, 2.24) is 20.4 Å². The van der Waals surface area contributed by atoms with Crippen molar-refractivity contribution in [2.45, 2.75) is 63.8 Å². The average Bonchev–Trinajstić information content (AvgIpc) is 3.50. The number of aliphatic hydroxyl groups is 1. The molecule has 0 radical (unpaired) electrons. The second-order valence-corrected chi connectivity index (χ2v) is 12.0. The Morgan fingerprint density at radius 3 is 2.43 bits per heavy atom. The molecule has 37 heavy (non-hydrogen) atoms. The molecule has 2 N–H and O–H groups in total. The summed E-state index contributed by atoms with van der Waals surface area (Å²) in [6.45, 7) is 5.88. The van der Waals surface area contributed by atoms with Gasteiger partial charge < -0.3 is 15.3 Å². The van der Waals surface area contributed by atoms with Crippen molar-refractivity contribution in [2.75, 3.05) is 24.5 Å². The van der Waals surface area contributed by atoms with E-state index in [0.29, 0.717) is 19.5 Å². The number of anilines is 1. The number of halogens is 1. The molecule has 2 aliphatic rings. The molecule has 0 aliphatic carbocycles. The highest BCUT2D eigenvalue weighted by Crippen LogP contribution is 2.25. The summed E-state index contributed by atoms with van der Waals surface area (Å²) >= 11 is 7.59. The number of rotatable bonds is 9. The Balaban J connectivity index is 1.08. The number of benzene rings is 2. The molecule has 0 unspecified atom stereocenters. The lowest BCUT2D eigenvalue weighted by Gasteiger charge is -2.35. The summed E-state index contributed by atoms with van der Waals surface area (Å²) < 4.78 is 0. The number of aryl methyl sites for hydroxylation is 2. The normalized spacial score (nSPS) is 20.0. The van der Waals surface area contributed by atoms with Crippen molar-refractivity contribution < 1.29 is 9.90 Å². The Hall–Kier alpha value is -2.36. The maximum Gasteiger partial charge on any atom is 0.228 e. The number of carbonyl (C=O) groups is 1. The second-order valence-electron chi connectivity index (χ2n) is 10.4. The Bertz CT molecular complexity index is 1190. The Morgan fingerprint density at radius 2 is 1.70 bits per heavy atom. The minimum absolute atomic E-state index is 0.0923. The lowest BCUT2D eigenvalue weighted by Crippen LogP contribution is -2.41. The smallest absolute Gasteiger partial charge is 0.228 e. The first kappa shape index (κ1) is 26.3. The maximum absolute atomic E-state index is 12.7. The van der Waals surface area contributed by atoms with E-state index in [9.17, 15) is 9.90 Å². The highest BCUT2D eigenvalue weighted by atomic mass is 35.5. The first-order valence-corrected chi connectivity index (χ1v) is 14.2. The van der Waals surface area contributed by atoms with Gasteiger partial charge >= 0.3 is 0 Å². The van der Waals surface area contributed by atoms with E-state index in [2.05, 4.69) is 32.5 Å². The Kier molecular flexibility index (Phi) is 8.21. The first-order chi connectivity index (χ1) is 17.8. The van der Waals surface area contributed by atoms with Crippen LogP contribution in [0.1, 0.15) is 47.3 Å². The van der Waals surface area contributed by atoms with Crippen LogP contribution in [0.5, 0.6) is 0 Å². The highest BCUT2D eigenvalue weighted by molar-refractivity contribution is 7.11. The zero-order chi connectivity index (χ0) is 25.8. The fourth-order valence-corrected chi connectivity index (χ4v) is 5.84. The number of aromatic nitrogens is 2. The molecule has 0 spiro atoms. The van der Waals surface area contributed by atoms with Crippen LogP contribution in [-0.2, 0) is 30.7 Å². The van der Waals surface area contributed by atoms with Crippen LogP contribution in [-0.4, -0.2) is 57.4 Å². The van der Waals surface area contributed by atoms with Gasteiger partial charge in [-0.05, 0) is 61.6 Å². The molecule has 1 aromatic heterocycles. The predicted molar refractivity (Wildman–Crippen MR) is 148 cm³/mol. The van der Waals surface area contributed by atoms with E-state index < -0.39 is 5.60 Å². The van der Waals surface area contributed by atoms with Crippen molar-refractivity contribution in [3.63, 3.8) is 0 Å². The van der Waals surface area contributed by atoms with Gasteiger partial charge in [0, 0.05) is 55.8 Å². The molecular weight excluding hydrogens is 506 g/mol. The predicted octanol–water partition coefficient (Wildman–Crippen LogP) is 4.22. The van der Waals surface area contributed by atoms with Gasteiger partial charge in [0.1, 0.15) is 10.0 Å². The van der Waals surface area contributed by atoms with Crippen molar-refractivity contribution in [3.8, 4) is 0 Å². The van der Waals surface area contributed by atoms with Crippen LogP contribution in [0.4, 0.5) is 5.69 Å². The maximum atomic E-state index is 12.7. The molecule has 2 aromatic carbocycles. The van der Waals surface area contributed by atoms with Gasteiger partial charge in [0.05, 0.1) is 12.1 Å². The lowest BCUT2D eigenvalue weighted by molar-refractivity contribution is -0.117. The monoisotopic (exact) mass is 539 g/mol. The third-order valence-corrected chi connectivity index (χ3v) is 8.54. The van der Waals surface area contributed by atoms with E-state index in [1.807, 2.05) is 48.2 Å². The molecule has 1 amide bonds. The van der Waals surface area contributed by atoms with Gasteiger partial charge in [-0.15, -0.1) is 21.5 Å². The van der Waals surface area contributed by atoms with Crippen molar-refractivity contribution >= 4 is 34.5 Å². The molecule has 7 nitrogen and oxygen atoms in total. The van der Waals surface area contributed by atoms with Crippen LogP contribution in [0.25, 0.3) is 0 Å². The molecule has 196 valence electrons. The molecule has 0 bridgehead atoms. The first-order valence-electron chi connectivity index (χ1n) is 13.0. The van der Waals surface area contributed by atoms with Crippen LogP contribution in [0.2, 0.25) is 5.02 Å². The minimum atomic E-state index is -0.530. The summed E-state index contributed by atoms with van der Waals surface area (Å²) in [7, 11) is 0. The van der Waals surface area contributed by atoms with Crippen LogP contribution in [0.3, 0.4) is 0 Å². The van der Waals surface area contributed by atoms with Crippen molar-refractivity contribution in [2.24, 2.45) is 0 Å². The van der Waals surface area contributed by atoms with E-state index in [-0.39, 0.29) is 11.9 Å². The average molecular weight is 540 g/mol. The fourth-order valence-electron chi connectivity index (χ4n) is 4.92. The van der Waals surface area contributed by atoms with E-state index >= 15 is 0 Å². The molecule has 1 atom stereocenters. The largest absolute Gasteiger partial charge is 0.390 e. The van der Waals surface area contributed by atoms with Gasteiger partial charge in [-0.2, -0.15) is 0 Å². The molecule has 0 saturated carbocycles. The van der Waals surface area contributed by atoms with E-state index in [1.54, 1.807) is 11.3 Å². The van der Waals surface area contributed by atoms with Crippen LogP contribution in [0.15, 0.2) is 48.5 Å². The van der Waals surface area contributed by atoms with E-state index in [4.69, 9.17) is 11.6 Å². The number of amides is 1. The fraction of sp³-hybridized carbons (Fsp3) is 0.464. The number of hydrogen-bond donors (Lipinski definition) is 2. The van der Waals surface area contributed by atoms with Crippen LogP contribution < -0.4 is 10.2 Å². The number of likely N-dealkylation sites (tertiary alicyclic amines) is 1. The summed E-state index contributed by atoms with van der Waals surface area (Å²) in [5.74, 6) is 0.143. The summed E-state index contributed by atoms with van der Waals surface area (Å²) in [5.41, 5.74) is 2.88. The minimum Gasteiger partial charge on any atom is -0.390 e. The van der Waals surface area contributed by atoms with E-state index in [1.165, 1.54) is 11.1 Å². The molecule has 3 aromatic rings. The topological polar surface area (TPSA) is 81.6 Å². The highest BCUT2D eigenvalue weighted by Gasteiger charge is 2.31. The zero-order valence-electron chi connectivity index (χ0n) is 21.2. The molecule has 3 heterocycles. The Labute approximate surface area is 227 Å². The standard InChI is InChI=1S/C28H34ClN5O2S/c1-28(36)12-14-33(15-13-28)18-21-4-9-24(10-5-21)34-19-23(16-27(34)35)30-17-26-32-31-25(37-26)11-6-20-2-7-22(29)8-3-20/h2-5,7-10,23,30,36H,6,11-19H2,1H3/t23-/m1/s1. The molecule has 2 saturated heterocycles. The van der Waals surface area contributed by atoms with Gasteiger partial charge in [-0.25, -0.2) is 0 Å². The van der Waals surface area contributed by atoms with Crippen LogP contribution in [0, 0.1) is 0 Å². The summed E-state index contributed by atoms with van der Waals surface area (Å²) in [5, 5.41) is 25.0. The number of nitrogens with one attached hydrogen (secondary N) is 1. The van der Waals surface area contributed by atoms with Crippen molar-refractivity contribution in [1.29, 1.82) is 0 Å². The lowest BCUT2D eigenvalue weighted by atomic mass is 9.93. The number of hydrogen-bond acceptors (Lipinski definition) is 7. The zero-order valence-corrected chi connectivity index (χ0v) is 22.8. The molecule has 9 heteroatoms. The van der Waals surface area contributed by atoms with Crippen molar-refractivity contribution in [3.05, 3.63) is 74.7 Å². The van der Waals surface area contributed by atoms with E-state index in [0.717, 1.165) is 66.0 Å².